The lowest BCUT2D eigenvalue weighted by molar-refractivity contribution is 0.455. The van der Waals surface area contributed by atoms with Gasteiger partial charge in [-0.3, -0.25) is 5.41 Å². The second-order valence-electron chi connectivity index (χ2n) is 4.88. The second-order valence-corrected chi connectivity index (χ2v) is 4.88. The summed E-state index contributed by atoms with van der Waals surface area (Å²) < 4.78 is 0. The van der Waals surface area contributed by atoms with Crippen LogP contribution in [-0.4, -0.2) is 30.9 Å². The number of rotatable bonds is 3. The van der Waals surface area contributed by atoms with Crippen LogP contribution in [0.3, 0.4) is 0 Å². The fraction of sp³-hybridized carbons (Fsp3) is 0.400. The Labute approximate surface area is 114 Å². The Hall–Kier alpha value is -1.81. The lowest BCUT2D eigenvalue weighted by Gasteiger charge is -2.21. The molecule has 0 spiro atoms. The predicted molar refractivity (Wildman–Crippen MR) is 79.8 cm³/mol. The maximum atomic E-state index is 8.11. The van der Waals surface area contributed by atoms with Gasteiger partial charge in [0.25, 0.3) is 0 Å². The number of hydrogen-bond acceptors (Lipinski definition) is 3. The molecule has 3 N–H and O–H groups in total. The molecule has 1 saturated heterocycles. The molecule has 2 rings (SSSR count). The van der Waals surface area contributed by atoms with E-state index in [1.807, 2.05) is 31.2 Å². The summed E-state index contributed by atoms with van der Waals surface area (Å²) >= 11 is 0. The molecule has 1 unspecified atom stereocenters. The summed E-state index contributed by atoms with van der Waals surface area (Å²) in [6, 6.07) is 7.86. The molecule has 4 heteroatoms. The molecule has 0 aliphatic carbocycles. The van der Waals surface area contributed by atoms with E-state index in [1.54, 1.807) is 0 Å². The van der Waals surface area contributed by atoms with Crippen molar-refractivity contribution >= 4 is 17.8 Å². The summed E-state index contributed by atoms with van der Waals surface area (Å²) in [4.78, 5) is 4.37. The molecule has 0 saturated carbocycles. The van der Waals surface area contributed by atoms with Crippen LogP contribution in [0.15, 0.2) is 29.3 Å². The first-order chi connectivity index (χ1) is 9.22. The van der Waals surface area contributed by atoms with Crippen molar-refractivity contribution in [1.82, 2.24) is 5.32 Å². The van der Waals surface area contributed by atoms with Crippen LogP contribution in [0.5, 0.6) is 0 Å². The number of benzene rings is 1. The van der Waals surface area contributed by atoms with Crippen molar-refractivity contribution in [2.75, 3.05) is 13.1 Å². The smallest absolute Gasteiger partial charge is 0.125 e. The van der Waals surface area contributed by atoms with Crippen molar-refractivity contribution in [3.05, 3.63) is 35.4 Å². The van der Waals surface area contributed by atoms with E-state index in [9.17, 15) is 0 Å². The minimum atomic E-state index is 0.174. The fourth-order valence-corrected chi connectivity index (χ4v) is 2.34. The predicted octanol–water partition coefficient (Wildman–Crippen LogP) is 2.41. The molecule has 0 amide bonds. The minimum Gasteiger partial charge on any atom is -0.316 e. The Bertz CT molecular complexity index is 499. The van der Waals surface area contributed by atoms with E-state index in [-0.39, 0.29) is 5.92 Å². The number of nitrogens with zero attached hydrogens (tertiary/aromatic N) is 1. The Kier molecular flexibility index (Phi) is 4.58. The Morgan fingerprint density at radius 2 is 2.21 bits per heavy atom. The van der Waals surface area contributed by atoms with Crippen LogP contribution in [0.1, 0.15) is 24.0 Å². The number of aryl methyl sites for hydroxylation is 1. The summed E-state index contributed by atoms with van der Waals surface area (Å²) in [5, 5.41) is 18.9. The topological polar surface area (TPSA) is 72.1 Å². The van der Waals surface area contributed by atoms with Gasteiger partial charge in [0.15, 0.2) is 0 Å². The summed E-state index contributed by atoms with van der Waals surface area (Å²) in [5.41, 5.74) is 2.60. The standard InChI is InChI=1S/C15H20N4/c1-11-5-2-3-7-13(11)14(9-16)19-15(17)12-6-4-8-18-10-12/h2-3,5,7,9,12,16-18H,4,6,8,10H2,1H3/b16-9?,17-15?,19-14+. The van der Waals surface area contributed by atoms with Gasteiger partial charge in [0.05, 0.1) is 5.71 Å². The highest BCUT2D eigenvalue weighted by molar-refractivity contribution is 6.39. The molecule has 1 fully saturated rings. The lowest BCUT2D eigenvalue weighted by Crippen LogP contribution is -2.34. The third-order valence-electron chi connectivity index (χ3n) is 3.48. The minimum absolute atomic E-state index is 0.174. The molecule has 1 aliphatic heterocycles. The normalized spacial score (nSPS) is 20.1. The number of piperidine rings is 1. The van der Waals surface area contributed by atoms with E-state index in [1.165, 1.54) is 6.21 Å². The van der Waals surface area contributed by atoms with Crippen LogP contribution >= 0.6 is 0 Å². The van der Waals surface area contributed by atoms with E-state index in [4.69, 9.17) is 10.8 Å². The zero-order valence-electron chi connectivity index (χ0n) is 11.2. The molecule has 1 atom stereocenters. The van der Waals surface area contributed by atoms with Crippen LogP contribution in [0.4, 0.5) is 0 Å². The second kappa shape index (κ2) is 6.38. The van der Waals surface area contributed by atoms with Crippen molar-refractivity contribution in [2.24, 2.45) is 10.9 Å². The molecule has 0 radical (unpaired) electrons. The van der Waals surface area contributed by atoms with Crippen molar-refractivity contribution in [2.45, 2.75) is 19.8 Å². The monoisotopic (exact) mass is 256 g/mol. The molecule has 1 aliphatic rings. The number of amidine groups is 1. The zero-order chi connectivity index (χ0) is 13.7. The van der Waals surface area contributed by atoms with Crippen molar-refractivity contribution in [3.8, 4) is 0 Å². The van der Waals surface area contributed by atoms with E-state index < -0.39 is 0 Å². The third kappa shape index (κ3) is 3.35. The summed E-state index contributed by atoms with van der Waals surface area (Å²) in [6.45, 7) is 3.85. The van der Waals surface area contributed by atoms with Gasteiger partial charge in [-0.15, -0.1) is 0 Å². The first-order valence-corrected chi connectivity index (χ1v) is 6.66. The number of hydrogen-bond donors (Lipinski definition) is 3. The highest BCUT2D eigenvalue weighted by Crippen LogP contribution is 2.14. The average Bonchev–Trinajstić information content (AvgIpc) is 2.46. The molecule has 19 heavy (non-hydrogen) atoms. The first-order valence-electron chi connectivity index (χ1n) is 6.66. The summed E-state index contributed by atoms with van der Waals surface area (Å²) in [5.74, 6) is 0.557. The quantitative estimate of drug-likeness (QED) is 0.564. The molecule has 1 aromatic rings. The highest BCUT2D eigenvalue weighted by Gasteiger charge is 2.18. The van der Waals surface area contributed by atoms with Gasteiger partial charge in [-0.1, -0.05) is 24.3 Å². The third-order valence-corrected chi connectivity index (χ3v) is 3.48. The molecule has 1 aromatic carbocycles. The van der Waals surface area contributed by atoms with Gasteiger partial charge in [-0.25, -0.2) is 4.99 Å². The molecular formula is C15H20N4. The number of aliphatic imine (C=N–C) groups is 1. The van der Waals surface area contributed by atoms with Gasteiger partial charge in [-0.2, -0.15) is 0 Å². The highest BCUT2D eigenvalue weighted by atomic mass is 14.9. The Balaban J connectivity index is 2.21. The van der Waals surface area contributed by atoms with Gasteiger partial charge in [-0.05, 0) is 31.9 Å². The fourth-order valence-electron chi connectivity index (χ4n) is 2.34. The van der Waals surface area contributed by atoms with Gasteiger partial charge in [0.2, 0.25) is 0 Å². The summed E-state index contributed by atoms with van der Waals surface area (Å²) in [6.07, 6.45) is 3.34. The summed E-state index contributed by atoms with van der Waals surface area (Å²) in [7, 11) is 0. The van der Waals surface area contributed by atoms with Crippen LogP contribution < -0.4 is 5.32 Å². The molecule has 100 valence electrons. The largest absolute Gasteiger partial charge is 0.316 e. The molecular weight excluding hydrogens is 236 g/mol. The number of nitrogens with one attached hydrogen (secondary N) is 3. The van der Waals surface area contributed by atoms with Gasteiger partial charge < -0.3 is 10.7 Å². The van der Waals surface area contributed by atoms with Crippen molar-refractivity contribution in [1.29, 1.82) is 10.8 Å². The van der Waals surface area contributed by atoms with E-state index in [2.05, 4.69) is 10.3 Å². The molecule has 0 bridgehead atoms. The maximum absolute atomic E-state index is 8.11. The molecule has 4 nitrogen and oxygen atoms in total. The van der Waals surface area contributed by atoms with E-state index in [0.29, 0.717) is 11.5 Å². The van der Waals surface area contributed by atoms with Crippen LogP contribution in [0, 0.1) is 23.7 Å². The van der Waals surface area contributed by atoms with Crippen molar-refractivity contribution < 1.29 is 0 Å². The van der Waals surface area contributed by atoms with Gasteiger partial charge in [0, 0.05) is 24.2 Å². The SMILES string of the molecule is Cc1ccccc1/C(C=N)=N/C(=N)C1CCCNC1. The molecule has 0 aromatic heterocycles. The van der Waals surface area contributed by atoms with Crippen LogP contribution in [0.25, 0.3) is 0 Å². The van der Waals surface area contributed by atoms with E-state index >= 15 is 0 Å². The van der Waals surface area contributed by atoms with E-state index in [0.717, 1.165) is 37.1 Å². The lowest BCUT2D eigenvalue weighted by atomic mass is 9.98. The van der Waals surface area contributed by atoms with Crippen LogP contribution in [-0.2, 0) is 0 Å². The molecule has 1 heterocycles. The Morgan fingerprint density at radius 1 is 1.42 bits per heavy atom. The zero-order valence-corrected chi connectivity index (χ0v) is 11.2. The first kappa shape index (κ1) is 13.6. The average molecular weight is 256 g/mol. The van der Waals surface area contributed by atoms with Gasteiger partial charge in [0.1, 0.15) is 5.84 Å². The van der Waals surface area contributed by atoms with Gasteiger partial charge >= 0.3 is 0 Å². The van der Waals surface area contributed by atoms with Crippen molar-refractivity contribution in [3.63, 3.8) is 0 Å². The maximum Gasteiger partial charge on any atom is 0.125 e. The van der Waals surface area contributed by atoms with Crippen LogP contribution in [0.2, 0.25) is 0 Å². The Morgan fingerprint density at radius 3 is 2.84 bits per heavy atom.